The Morgan fingerprint density at radius 3 is 2.92 bits per heavy atom. The molecule has 1 atom stereocenters. The van der Waals surface area contributed by atoms with Gasteiger partial charge in [-0.25, -0.2) is 4.98 Å². The molecule has 1 amide bonds. The van der Waals surface area contributed by atoms with Crippen molar-refractivity contribution in [2.45, 2.75) is 25.7 Å². The number of amides is 1. The van der Waals surface area contributed by atoms with Crippen molar-refractivity contribution in [3.05, 3.63) is 46.2 Å². The van der Waals surface area contributed by atoms with Crippen molar-refractivity contribution in [2.24, 2.45) is 0 Å². The van der Waals surface area contributed by atoms with Crippen LogP contribution in [0.1, 0.15) is 39.6 Å². The maximum absolute atomic E-state index is 12.5. The van der Waals surface area contributed by atoms with E-state index in [0.717, 1.165) is 28.4 Å². The van der Waals surface area contributed by atoms with Gasteiger partial charge >= 0.3 is 0 Å². The summed E-state index contributed by atoms with van der Waals surface area (Å²) in [7, 11) is 1.66. The van der Waals surface area contributed by atoms with Crippen molar-refractivity contribution < 1.29 is 9.53 Å². The van der Waals surface area contributed by atoms with Gasteiger partial charge < -0.3 is 15.0 Å². The molecule has 7 nitrogen and oxygen atoms in total. The number of fused-ring (bicyclic) bond motifs is 1. The number of ether oxygens (including phenoxy) is 1. The van der Waals surface area contributed by atoms with Gasteiger partial charge in [0, 0.05) is 18.2 Å². The van der Waals surface area contributed by atoms with Crippen molar-refractivity contribution in [1.82, 2.24) is 25.5 Å². The molecule has 134 valence electrons. The summed E-state index contributed by atoms with van der Waals surface area (Å²) in [6.45, 7) is 2.57. The first-order valence-electron chi connectivity index (χ1n) is 8.52. The minimum Gasteiger partial charge on any atom is -0.496 e. The number of carbonyl (C=O) groups is 1. The molecule has 0 fully saturated rings. The van der Waals surface area contributed by atoms with Crippen molar-refractivity contribution in [3.8, 4) is 16.6 Å². The Morgan fingerprint density at radius 2 is 2.15 bits per heavy atom. The van der Waals surface area contributed by atoms with Gasteiger partial charge in [0.25, 0.3) is 5.91 Å². The fraction of sp³-hybridized carbons (Fsp3) is 0.333. The molecule has 3 heterocycles. The number of aromatic amines is 1. The van der Waals surface area contributed by atoms with Crippen LogP contribution in [0, 0.1) is 0 Å². The van der Waals surface area contributed by atoms with E-state index in [1.165, 1.54) is 11.3 Å². The highest BCUT2D eigenvalue weighted by molar-refractivity contribution is 7.14. The monoisotopic (exact) mass is 369 g/mol. The second kappa shape index (κ2) is 6.87. The molecule has 0 radical (unpaired) electrons. The lowest BCUT2D eigenvalue weighted by molar-refractivity contribution is 0.0950. The highest BCUT2D eigenvalue weighted by Crippen LogP contribution is 2.32. The number of methoxy groups -OCH3 is 1. The van der Waals surface area contributed by atoms with Crippen LogP contribution >= 0.6 is 11.3 Å². The molecule has 1 aromatic carbocycles. The summed E-state index contributed by atoms with van der Waals surface area (Å²) in [5.41, 5.74) is 2.33. The largest absolute Gasteiger partial charge is 0.496 e. The molecule has 0 aliphatic carbocycles. The van der Waals surface area contributed by atoms with Gasteiger partial charge in [0.1, 0.15) is 16.5 Å². The minimum absolute atomic E-state index is 0.102. The lowest BCUT2D eigenvalue weighted by Gasteiger charge is -2.17. The molecular weight excluding hydrogens is 350 g/mol. The molecule has 0 bridgehead atoms. The third-order valence-corrected chi connectivity index (χ3v) is 5.58. The van der Waals surface area contributed by atoms with E-state index in [1.807, 2.05) is 31.2 Å². The number of carbonyl (C=O) groups excluding carboxylic acids is 1. The van der Waals surface area contributed by atoms with Crippen LogP contribution in [0.15, 0.2) is 24.3 Å². The molecule has 3 aromatic rings. The van der Waals surface area contributed by atoms with Gasteiger partial charge in [-0.2, -0.15) is 0 Å². The molecule has 1 aliphatic rings. The highest BCUT2D eigenvalue weighted by Gasteiger charge is 2.28. The number of H-pyrrole nitrogens is 1. The zero-order chi connectivity index (χ0) is 18.1. The van der Waals surface area contributed by atoms with Crippen LogP contribution in [0.5, 0.6) is 5.75 Å². The molecule has 1 unspecified atom stereocenters. The van der Waals surface area contributed by atoms with Gasteiger partial charge in [0.05, 0.1) is 7.11 Å². The van der Waals surface area contributed by atoms with Gasteiger partial charge in [-0.15, -0.1) is 10.2 Å². The van der Waals surface area contributed by atoms with Gasteiger partial charge in [-0.3, -0.25) is 4.79 Å². The van der Waals surface area contributed by atoms with E-state index < -0.39 is 0 Å². The molecule has 1 aliphatic heterocycles. The summed E-state index contributed by atoms with van der Waals surface area (Å²) >= 11 is 1.49. The quantitative estimate of drug-likeness (QED) is 0.737. The zero-order valence-corrected chi connectivity index (χ0v) is 15.4. The molecule has 2 aromatic heterocycles. The fourth-order valence-electron chi connectivity index (χ4n) is 3.18. The number of nitrogens with zero attached hydrogens (tertiary/aromatic N) is 3. The summed E-state index contributed by atoms with van der Waals surface area (Å²) in [5, 5.41) is 12.9. The number of aryl methyl sites for hydroxylation is 1. The van der Waals surface area contributed by atoms with Crippen LogP contribution in [-0.2, 0) is 12.8 Å². The number of imidazole rings is 1. The molecule has 8 heteroatoms. The van der Waals surface area contributed by atoms with E-state index >= 15 is 0 Å². The first-order chi connectivity index (χ1) is 12.7. The Kier molecular flexibility index (Phi) is 4.42. The summed E-state index contributed by atoms with van der Waals surface area (Å²) in [6, 6.07) is 7.90. The Bertz CT molecular complexity index is 949. The Labute approximate surface area is 154 Å². The standard InChI is InChI=1S/C18H19N5O2S/c1-3-14-22-23-18(26-14)16-20-12-8-10(9-19-17(24)15(12)21-16)11-6-4-5-7-13(11)25-2/h4-7,10H,3,8-9H2,1-2H3,(H,19,24)(H,20,21). The van der Waals surface area contributed by atoms with Crippen LogP contribution in [0.3, 0.4) is 0 Å². The summed E-state index contributed by atoms with van der Waals surface area (Å²) in [5.74, 6) is 1.36. The molecule has 0 saturated carbocycles. The number of aromatic nitrogens is 4. The van der Waals surface area contributed by atoms with Gasteiger partial charge in [0.15, 0.2) is 10.8 Å². The molecule has 26 heavy (non-hydrogen) atoms. The van der Waals surface area contributed by atoms with E-state index in [1.54, 1.807) is 7.11 Å². The minimum atomic E-state index is -0.167. The predicted octanol–water partition coefficient (Wildman–Crippen LogP) is 2.57. The van der Waals surface area contributed by atoms with Crippen molar-refractivity contribution in [1.29, 1.82) is 0 Å². The number of benzene rings is 1. The topological polar surface area (TPSA) is 92.8 Å². The average Bonchev–Trinajstić information content (AvgIpc) is 3.28. The maximum atomic E-state index is 12.5. The van der Waals surface area contributed by atoms with Crippen LogP contribution in [0.4, 0.5) is 0 Å². The first kappa shape index (κ1) is 16.7. The lowest BCUT2D eigenvalue weighted by Crippen LogP contribution is -2.26. The third-order valence-electron chi connectivity index (χ3n) is 4.50. The second-order valence-corrected chi connectivity index (χ2v) is 7.18. The first-order valence-corrected chi connectivity index (χ1v) is 9.34. The lowest BCUT2D eigenvalue weighted by atomic mass is 9.93. The zero-order valence-electron chi connectivity index (χ0n) is 14.6. The number of hydrogen-bond acceptors (Lipinski definition) is 6. The van der Waals surface area contributed by atoms with Gasteiger partial charge in [-0.05, 0) is 24.5 Å². The number of hydrogen-bond donors (Lipinski definition) is 2. The van der Waals surface area contributed by atoms with Crippen molar-refractivity contribution in [3.63, 3.8) is 0 Å². The van der Waals surface area contributed by atoms with Crippen LogP contribution < -0.4 is 10.1 Å². The summed E-state index contributed by atoms with van der Waals surface area (Å²) in [4.78, 5) is 20.3. The number of rotatable bonds is 4. The highest BCUT2D eigenvalue weighted by atomic mass is 32.1. The second-order valence-electron chi connectivity index (χ2n) is 6.12. The Hall–Kier alpha value is -2.74. The van der Waals surface area contributed by atoms with Crippen LogP contribution in [0.25, 0.3) is 10.8 Å². The van der Waals surface area contributed by atoms with E-state index in [-0.39, 0.29) is 11.8 Å². The van der Waals surface area contributed by atoms with Crippen molar-refractivity contribution in [2.75, 3.05) is 13.7 Å². The predicted molar refractivity (Wildman–Crippen MR) is 98.6 cm³/mol. The number of nitrogens with one attached hydrogen (secondary N) is 2. The van der Waals surface area contributed by atoms with Crippen molar-refractivity contribution >= 4 is 17.2 Å². The molecule has 2 N–H and O–H groups in total. The summed E-state index contributed by atoms with van der Waals surface area (Å²) < 4.78 is 5.49. The normalized spacial score (nSPS) is 16.7. The third kappa shape index (κ3) is 2.96. The molecule has 4 rings (SSSR count). The number of para-hydroxylation sites is 1. The van der Waals surface area contributed by atoms with Gasteiger partial charge in [0.2, 0.25) is 0 Å². The van der Waals surface area contributed by atoms with E-state index in [9.17, 15) is 4.79 Å². The molecular formula is C18H19N5O2S. The average molecular weight is 369 g/mol. The molecule has 0 spiro atoms. The fourth-order valence-corrected chi connectivity index (χ4v) is 3.90. The Balaban J connectivity index is 1.69. The van der Waals surface area contributed by atoms with E-state index in [0.29, 0.717) is 29.5 Å². The van der Waals surface area contributed by atoms with E-state index in [2.05, 4.69) is 25.5 Å². The smallest absolute Gasteiger partial charge is 0.271 e. The molecule has 0 saturated heterocycles. The van der Waals surface area contributed by atoms with Crippen LogP contribution in [-0.4, -0.2) is 39.7 Å². The maximum Gasteiger partial charge on any atom is 0.271 e. The van der Waals surface area contributed by atoms with E-state index in [4.69, 9.17) is 4.74 Å². The Morgan fingerprint density at radius 1 is 1.31 bits per heavy atom. The van der Waals surface area contributed by atoms with Crippen LogP contribution in [0.2, 0.25) is 0 Å². The SMILES string of the molecule is CCc1nnc(-c2nc3c([nH]2)CC(c2ccccc2OC)CNC3=O)s1. The van der Waals surface area contributed by atoms with Gasteiger partial charge in [-0.1, -0.05) is 36.5 Å². The summed E-state index contributed by atoms with van der Waals surface area (Å²) in [6.07, 6.45) is 1.50.